The summed E-state index contributed by atoms with van der Waals surface area (Å²) < 4.78 is 7.12. The highest BCUT2D eigenvalue weighted by molar-refractivity contribution is 6.02. The van der Waals surface area contributed by atoms with Crippen molar-refractivity contribution in [3.8, 4) is 0 Å². The maximum Gasteiger partial charge on any atom is 0.274 e. The summed E-state index contributed by atoms with van der Waals surface area (Å²) in [5.41, 5.74) is 1.69. The third-order valence-corrected chi connectivity index (χ3v) is 6.06. The molecule has 0 unspecified atom stereocenters. The molecule has 4 atom stereocenters. The Kier molecular flexibility index (Phi) is 4.84. The van der Waals surface area contributed by atoms with Crippen LogP contribution in [-0.4, -0.2) is 76.9 Å². The predicted octanol–water partition coefficient (Wildman–Crippen LogP) is 0.613. The molecule has 2 aliphatic heterocycles. The third kappa shape index (κ3) is 3.20. The first kappa shape index (κ1) is 20.4. The Labute approximate surface area is 181 Å². The van der Waals surface area contributed by atoms with Gasteiger partial charge in [-0.05, 0) is 12.5 Å². The van der Waals surface area contributed by atoms with E-state index >= 15 is 0 Å². The van der Waals surface area contributed by atoms with Crippen LogP contribution in [0.1, 0.15) is 35.1 Å². The van der Waals surface area contributed by atoms with Gasteiger partial charge in [0.15, 0.2) is 17.6 Å². The fourth-order valence-corrected chi connectivity index (χ4v) is 4.13. The molecule has 2 aliphatic rings. The van der Waals surface area contributed by atoms with Crippen molar-refractivity contribution in [1.82, 2.24) is 24.4 Å². The van der Waals surface area contributed by atoms with E-state index in [0.29, 0.717) is 18.7 Å². The zero-order valence-corrected chi connectivity index (χ0v) is 17.0. The van der Waals surface area contributed by atoms with Crippen LogP contribution in [-0.2, 0) is 4.74 Å². The number of fused-ring (bicyclic) bond motifs is 1. The number of aromatic nitrogens is 4. The van der Waals surface area contributed by atoms with Crippen LogP contribution in [0.15, 0.2) is 36.9 Å². The second kappa shape index (κ2) is 7.58. The number of aliphatic hydroxyl groups excluding tert-OH is 2. The van der Waals surface area contributed by atoms with E-state index in [9.17, 15) is 25.1 Å². The topological polar surface area (TPSA) is 157 Å². The van der Waals surface area contributed by atoms with Gasteiger partial charge in [0.2, 0.25) is 0 Å². The lowest BCUT2D eigenvalue weighted by Gasteiger charge is -2.39. The minimum Gasteiger partial charge on any atom is -0.388 e. The largest absolute Gasteiger partial charge is 0.388 e. The lowest BCUT2D eigenvalue weighted by molar-refractivity contribution is -0.384. The van der Waals surface area contributed by atoms with Crippen molar-refractivity contribution >= 4 is 22.8 Å². The molecule has 2 N–H and O–H groups in total. The van der Waals surface area contributed by atoms with Gasteiger partial charge in [-0.2, -0.15) is 0 Å². The first-order valence-electron chi connectivity index (χ1n) is 10.1. The summed E-state index contributed by atoms with van der Waals surface area (Å²) in [6, 6.07) is 6.32. The van der Waals surface area contributed by atoms with Crippen LogP contribution in [0.2, 0.25) is 0 Å². The minimum atomic E-state index is -1.16. The van der Waals surface area contributed by atoms with E-state index in [1.54, 1.807) is 24.0 Å². The molecule has 1 amide bonds. The summed E-state index contributed by atoms with van der Waals surface area (Å²) in [4.78, 5) is 37.6. The van der Waals surface area contributed by atoms with E-state index in [-0.39, 0.29) is 28.7 Å². The van der Waals surface area contributed by atoms with Crippen LogP contribution in [0.25, 0.3) is 11.2 Å². The van der Waals surface area contributed by atoms with E-state index < -0.39 is 29.5 Å². The summed E-state index contributed by atoms with van der Waals surface area (Å²) in [6.45, 7) is 2.57. The van der Waals surface area contributed by atoms with E-state index in [2.05, 4.69) is 15.0 Å². The Morgan fingerprint density at radius 3 is 2.50 bits per heavy atom. The molecule has 12 heteroatoms. The Hall–Kier alpha value is -3.48. The van der Waals surface area contributed by atoms with Crippen molar-refractivity contribution in [3.05, 3.63) is 58.3 Å². The van der Waals surface area contributed by atoms with Crippen LogP contribution in [0.5, 0.6) is 0 Å². The van der Waals surface area contributed by atoms with E-state index in [1.807, 2.05) is 0 Å². The van der Waals surface area contributed by atoms with Crippen molar-refractivity contribution in [1.29, 1.82) is 0 Å². The highest BCUT2D eigenvalue weighted by Gasteiger charge is 2.42. The number of imidazole rings is 1. The van der Waals surface area contributed by atoms with Gasteiger partial charge in [-0.1, -0.05) is 12.1 Å². The van der Waals surface area contributed by atoms with Gasteiger partial charge in [0.1, 0.15) is 24.1 Å². The SMILES string of the molecule is C[C@H]1O[C@@H](n2cnc3c(C(=O)N4CC(c5ccc([N+](=O)[O-])cc5)C4)ncnc32)[C@H](O)[C@@H]1O. The smallest absolute Gasteiger partial charge is 0.274 e. The zero-order valence-electron chi connectivity index (χ0n) is 17.0. The molecule has 2 fully saturated rings. The van der Waals surface area contributed by atoms with Gasteiger partial charge < -0.3 is 19.8 Å². The number of likely N-dealkylation sites (tertiary alicyclic amines) is 1. The van der Waals surface area contributed by atoms with Gasteiger partial charge in [0.25, 0.3) is 11.6 Å². The van der Waals surface area contributed by atoms with Gasteiger partial charge in [-0.3, -0.25) is 19.5 Å². The number of hydrogen-bond acceptors (Lipinski definition) is 9. The fraction of sp³-hybridized carbons (Fsp3) is 0.400. The van der Waals surface area contributed by atoms with Crippen LogP contribution in [0.4, 0.5) is 5.69 Å². The molecular weight excluding hydrogens is 420 g/mol. The molecular formula is C20H20N6O6. The number of nitro groups is 1. The highest BCUT2D eigenvalue weighted by atomic mass is 16.6. The normalized spacial score (nSPS) is 25.8. The molecule has 3 aromatic rings. The molecule has 1 aromatic carbocycles. The average Bonchev–Trinajstić information content (AvgIpc) is 3.29. The Morgan fingerprint density at radius 2 is 1.88 bits per heavy atom. The first-order chi connectivity index (χ1) is 15.3. The van der Waals surface area contributed by atoms with Gasteiger partial charge in [0, 0.05) is 31.1 Å². The molecule has 12 nitrogen and oxygen atoms in total. The first-order valence-corrected chi connectivity index (χ1v) is 10.1. The second-order valence-electron chi connectivity index (χ2n) is 8.01. The molecule has 4 heterocycles. The number of amides is 1. The van der Waals surface area contributed by atoms with Crippen LogP contribution < -0.4 is 0 Å². The van der Waals surface area contributed by atoms with E-state index in [4.69, 9.17) is 4.74 Å². The summed E-state index contributed by atoms with van der Waals surface area (Å²) in [7, 11) is 0. The van der Waals surface area contributed by atoms with Crippen molar-refractivity contribution in [3.63, 3.8) is 0 Å². The number of carbonyl (C=O) groups excluding carboxylic acids is 1. The maximum absolute atomic E-state index is 13.0. The molecule has 0 radical (unpaired) electrons. The molecule has 32 heavy (non-hydrogen) atoms. The summed E-state index contributed by atoms with van der Waals surface area (Å²) in [5, 5.41) is 31.1. The number of carbonyl (C=O) groups is 1. The number of rotatable bonds is 4. The molecule has 0 aliphatic carbocycles. The van der Waals surface area contributed by atoms with Gasteiger partial charge in [-0.25, -0.2) is 15.0 Å². The summed E-state index contributed by atoms with van der Waals surface area (Å²) in [5.74, 6) is -0.221. The van der Waals surface area contributed by atoms with Crippen molar-refractivity contribution < 1.29 is 24.7 Å². The van der Waals surface area contributed by atoms with Gasteiger partial charge in [0.05, 0.1) is 17.4 Å². The monoisotopic (exact) mass is 440 g/mol. The lowest BCUT2D eigenvalue weighted by Crippen LogP contribution is -2.48. The molecule has 2 aromatic heterocycles. The number of hydrogen-bond donors (Lipinski definition) is 2. The van der Waals surface area contributed by atoms with Crippen LogP contribution in [0.3, 0.4) is 0 Å². The number of nitrogens with zero attached hydrogens (tertiary/aromatic N) is 6. The van der Waals surface area contributed by atoms with Gasteiger partial charge >= 0.3 is 0 Å². The van der Waals surface area contributed by atoms with E-state index in [0.717, 1.165) is 5.56 Å². The number of nitro benzene ring substituents is 1. The quantitative estimate of drug-likeness (QED) is 0.438. The van der Waals surface area contributed by atoms with Crippen LogP contribution >= 0.6 is 0 Å². The second-order valence-corrected chi connectivity index (χ2v) is 8.01. The summed E-state index contributed by atoms with van der Waals surface area (Å²) in [6.07, 6.45) is -0.981. The minimum absolute atomic E-state index is 0.0262. The fourth-order valence-electron chi connectivity index (χ4n) is 4.13. The Morgan fingerprint density at radius 1 is 1.16 bits per heavy atom. The van der Waals surface area contributed by atoms with Crippen molar-refractivity contribution in [2.24, 2.45) is 0 Å². The number of ether oxygens (including phenoxy) is 1. The summed E-state index contributed by atoms with van der Waals surface area (Å²) >= 11 is 0. The van der Waals surface area contributed by atoms with Gasteiger partial charge in [-0.15, -0.1) is 0 Å². The van der Waals surface area contributed by atoms with E-state index in [1.165, 1.54) is 29.4 Å². The number of aliphatic hydroxyl groups is 2. The van der Waals surface area contributed by atoms with Crippen molar-refractivity contribution in [2.75, 3.05) is 13.1 Å². The molecule has 2 saturated heterocycles. The molecule has 0 saturated carbocycles. The lowest BCUT2D eigenvalue weighted by atomic mass is 9.91. The highest BCUT2D eigenvalue weighted by Crippen LogP contribution is 2.33. The van der Waals surface area contributed by atoms with Crippen LogP contribution in [0, 0.1) is 10.1 Å². The maximum atomic E-state index is 13.0. The number of benzene rings is 1. The standard InChI is InChI=1S/C20H20N6O6/c1-10-16(27)17(28)20(32-10)25-9-23-14-15(21-8-22-18(14)25)19(29)24-6-12(7-24)11-2-4-13(5-3-11)26(30)31/h2-5,8-10,12,16-17,20,27-28H,6-7H2,1H3/t10-,16-,17-,20-/m1/s1. The third-order valence-electron chi connectivity index (χ3n) is 6.06. The average molecular weight is 440 g/mol. The molecule has 0 spiro atoms. The molecule has 5 rings (SSSR count). The van der Waals surface area contributed by atoms with Crippen molar-refractivity contribution in [2.45, 2.75) is 37.4 Å². The molecule has 166 valence electrons. The number of non-ortho nitro benzene ring substituents is 1. The zero-order chi connectivity index (χ0) is 22.6. The Bertz CT molecular complexity index is 1190. The Balaban J connectivity index is 1.34. The molecule has 0 bridgehead atoms. The predicted molar refractivity (Wildman–Crippen MR) is 109 cm³/mol.